The Morgan fingerprint density at radius 1 is 0.861 bits per heavy atom. The van der Waals surface area contributed by atoms with Gasteiger partial charge >= 0.3 is 17.9 Å². The summed E-state index contributed by atoms with van der Waals surface area (Å²) >= 11 is 3.62. The highest BCUT2D eigenvalue weighted by molar-refractivity contribution is 9.08. The fraction of sp³-hybridized carbons (Fsp3) is 0.414. The minimum Gasteiger partial charge on any atom is -0.465 e. The Labute approximate surface area is 221 Å². The summed E-state index contributed by atoms with van der Waals surface area (Å²) in [6, 6.07) is 11.5. The maximum Gasteiger partial charge on any atom is 0.337 e. The molecule has 36 heavy (non-hydrogen) atoms. The van der Waals surface area contributed by atoms with Gasteiger partial charge in [-0.15, -0.1) is 0 Å². The van der Waals surface area contributed by atoms with E-state index in [2.05, 4.69) is 28.1 Å². The summed E-state index contributed by atoms with van der Waals surface area (Å²) < 4.78 is 16.3. The summed E-state index contributed by atoms with van der Waals surface area (Å²) in [6.07, 6.45) is 2.73. The topological polar surface area (TPSA) is 78.9 Å². The van der Waals surface area contributed by atoms with Crippen LogP contribution in [-0.2, 0) is 40.0 Å². The number of carbonyl (C=O) groups excluding carboxylic acids is 3. The molecule has 2 atom stereocenters. The molecule has 0 spiro atoms. The number of carbonyl (C=O) groups is 3. The van der Waals surface area contributed by atoms with Crippen LogP contribution in [0.25, 0.3) is 12.2 Å². The van der Waals surface area contributed by atoms with E-state index >= 15 is 0 Å². The van der Waals surface area contributed by atoms with E-state index in [0.29, 0.717) is 10.9 Å². The quantitative estimate of drug-likeness (QED) is 0.189. The number of fused-ring (bicyclic) bond motifs is 1. The second-order valence-corrected chi connectivity index (χ2v) is 10.7. The molecule has 0 aromatic heterocycles. The maximum atomic E-state index is 12.1. The van der Waals surface area contributed by atoms with Crippen molar-refractivity contribution in [2.24, 2.45) is 0 Å². The minimum atomic E-state index is -0.654. The van der Waals surface area contributed by atoms with Crippen molar-refractivity contribution < 1.29 is 28.6 Å². The summed E-state index contributed by atoms with van der Waals surface area (Å²) in [4.78, 5) is 35.8. The van der Waals surface area contributed by atoms with Crippen LogP contribution in [0, 0.1) is 0 Å². The van der Waals surface area contributed by atoms with Crippen LogP contribution in [0.5, 0.6) is 0 Å². The standard InChI is InChI=1S/C29H33BrO6/c1-17(31)35-25-26(36-18(2)32)29(5,6)24-15-22(16-30)21(14-23(24)28(25,3)4)13-10-19-8-11-20(12-9-19)27(33)34-7/h8-15,25-26H,16H2,1-7H3/b13-10+/t25-,26?/m0/s1. The molecule has 6 nitrogen and oxygen atoms in total. The molecule has 1 aliphatic carbocycles. The van der Waals surface area contributed by atoms with E-state index in [1.54, 1.807) is 12.1 Å². The van der Waals surface area contributed by atoms with Crippen molar-refractivity contribution in [1.29, 1.82) is 0 Å². The van der Waals surface area contributed by atoms with E-state index in [9.17, 15) is 14.4 Å². The molecular formula is C29H33BrO6. The fourth-order valence-electron chi connectivity index (χ4n) is 4.87. The van der Waals surface area contributed by atoms with Crippen molar-refractivity contribution >= 4 is 46.0 Å². The SMILES string of the molecule is COC(=O)c1ccc(/C=C/c2cc3c(cc2CBr)C(C)(C)C(OC(C)=O)[C@H](OC(C)=O)C3(C)C)cc1. The van der Waals surface area contributed by atoms with Gasteiger partial charge in [0, 0.05) is 30.0 Å². The van der Waals surface area contributed by atoms with Crippen LogP contribution < -0.4 is 0 Å². The Bertz CT molecular complexity index is 1190. The third-order valence-electron chi connectivity index (χ3n) is 6.88. The number of rotatable bonds is 6. The number of benzene rings is 2. The Morgan fingerprint density at radius 3 is 1.81 bits per heavy atom. The summed E-state index contributed by atoms with van der Waals surface area (Å²) in [7, 11) is 1.36. The zero-order valence-corrected chi connectivity index (χ0v) is 23.4. The molecular weight excluding hydrogens is 524 g/mol. The molecule has 1 unspecified atom stereocenters. The summed E-state index contributed by atoms with van der Waals surface area (Å²) in [5, 5.41) is 0.628. The van der Waals surface area contributed by atoms with Crippen molar-refractivity contribution in [2.75, 3.05) is 7.11 Å². The van der Waals surface area contributed by atoms with E-state index in [4.69, 9.17) is 14.2 Å². The lowest BCUT2D eigenvalue weighted by molar-refractivity contribution is -0.179. The highest BCUT2D eigenvalue weighted by Crippen LogP contribution is 2.49. The number of methoxy groups -OCH3 is 1. The zero-order valence-electron chi connectivity index (χ0n) is 21.8. The molecule has 2 aromatic carbocycles. The minimum absolute atomic E-state index is 0.374. The predicted octanol–water partition coefficient (Wildman–Crippen LogP) is 5.97. The lowest BCUT2D eigenvalue weighted by Crippen LogP contribution is -2.59. The van der Waals surface area contributed by atoms with Gasteiger partial charge in [-0.05, 0) is 39.9 Å². The van der Waals surface area contributed by atoms with Crippen molar-refractivity contribution in [3.05, 3.63) is 69.8 Å². The normalized spacial score (nSPS) is 19.9. The van der Waals surface area contributed by atoms with Gasteiger partial charge in [-0.25, -0.2) is 4.79 Å². The van der Waals surface area contributed by atoms with Crippen LogP contribution in [0.3, 0.4) is 0 Å². The summed E-state index contributed by atoms with van der Waals surface area (Å²) in [5.41, 5.74) is 4.39. The molecule has 0 saturated carbocycles. The van der Waals surface area contributed by atoms with Gasteiger partial charge in [0.2, 0.25) is 0 Å². The van der Waals surface area contributed by atoms with Crippen LogP contribution in [0.2, 0.25) is 0 Å². The van der Waals surface area contributed by atoms with Gasteiger partial charge in [0.05, 0.1) is 12.7 Å². The predicted molar refractivity (Wildman–Crippen MR) is 143 cm³/mol. The van der Waals surface area contributed by atoms with E-state index in [-0.39, 0.29) is 5.97 Å². The first-order valence-electron chi connectivity index (χ1n) is 11.8. The zero-order chi connectivity index (χ0) is 26.8. The number of ether oxygens (including phenoxy) is 3. The number of hydrogen-bond donors (Lipinski definition) is 0. The number of esters is 3. The van der Waals surface area contributed by atoms with Gasteiger partial charge in [-0.3, -0.25) is 9.59 Å². The van der Waals surface area contributed by atoms with Crippen molar-refractivity contribution in [2.45, 2.75) is 69.9 Å². The second-order valence-electron chi connectivity index (χ2n) is 10.2. The van der Waals surface area contributed by atoms with E-state index in [1.807, 2.05) is 52.0 Å². The Morgan fingerprint density at radius 2 is 1.36 bits per heavy atom. The average Bonchev–Trinajstić information content (AvgIpc) is 2.82. The third kappa shape index (κ3) is 5.41. The molecule has 7 heteroatoms. The molecule has 0 N–H and O–H groups in total. The van der Waals surface area contributed by atoms with Crippen LogP contribution >= 0.6 is 15.9 Å². The molecule has 0 fully saturated rings. The number of alkyl halides is 1. The van der Waals surface area contributed by atoms with Gasteiger partial charge in [-0.2, -0.15) is 0 Å². The van der Waals surface area contributed by atoms with Crippen LogP contribution in [-0.4, -0.2) is 37.2 Å². The van der Waals surface area contributed by atoms with Crippen molar-refractivity contribution in [3.63, 3.8) is 0 Å². The van der Waals surface area contributed by atoms with Crippen molar-refractivity contribution in [1.82, 2.24) is 0 Å². The van der Waals surface area contributed by atoms with Gasteiger partial charge in [0.1, 0.15) is 12.2 Å². The Kier molecular flexibility index (Phi) is 8.13. The van der Waals surface area contributed by atoms with Crippen LogP contribution in [0.15, 0.2) is 36.4 Å². The van der Waals surface area contributed by atoms with Crippen LogP contribution in [0.1, 0.15) is 79.7 Å². The molecule has 0 aliphatic heterocycles. The first-order chi connectivity index (χ1) is 16.8. The molecule has 2 aromatic rings. The number of hydrogen-bond acceptors (Lipinski definition) is 6. The largest absolute Gasteiger partial charge is 0.465 e. The van der Waals surface area contributed by atoms with Gasteiger partial charge in [-0.1, -0.05) is 80.0 Å². The molecule has 0 radical (unpaired) electrons. The number of halogens is 1. The monoisotopic (exact) mass is 556 g/mol. The van der Waals surface area contributed by atoms with Gasteiger partial charge < -0.3 is 14.2 Å². The highest BCUT2D eigenvalue weighted by atomic mass is 79.9. The smallest absolute Gasteiger partial charge is 0.337 e. The van der Waals surface area contributed by atoms with E-state index in [0.717, 1.165) is 27.8 Å². The molecule has 3 rings (SSSR count). The first kappa shape index (κ1) is 27.7. The lowest BCUT2D eigenvalue weighted by atomic mass is 9.59. The molecule has 1 aliphatic rings. The van der Waals surface area contributed by atoms with E-state index in [1.165, 1.54) is 21.0 Å². The first-order valence-corrected chi connectivity index (χ1v) is 12.9. The van der Waals surface area contributed by atoms with Gasteiger partial charge in [0.25, 0.3) is 0 Å². The Balaban J connectivity index is 2.11. The summed E-state index contributed by atoms with van der Waals surface area (Å²) in [5.74, 6) is -1.21. The second kappa shape index (κ2) is 10.6. The maximum absolute atomic E-state index is 12.1. The molecule has 0 saturated heterocycles. The van der Waals surface area contributed by atoms with Gasteiger partial charge in [0.15, 0.2) is 0 Å². The Hall–Kier alpha value is -2.93. The highest BCUT2D eigenvalue weighted by Gasteiger charge is 2.55. The molecule has 0 amide bonds. The third-order valence-corrected chi connectivity index (χ3v) is 7.49. The van der Waals surface area contributed by atoms with Crippen LogP contribution in [0.4, 0.5) is 0 Å². The van der Waals surface area contributed by atoms with Crippen molar-refractivity contribution in [3.8, 4) is 0 Å². The molecule has 0 bridgehead atoms. The lowest BCUT2D eigenvalue weighted by Gasteiger charge is -2.51. The summed E-state index contributed by atoms with van der Waals surface area (Å²) in [6.45, 7) is 10.8. The fourth-order valence-corrected chi connectivity index (χ4v) is 5.36. The molecule has 192 valence electrons. The van der Waals surface area contributed by atoms with E-state index < -0.39 is 35.0 Å². The molecule has 0 heterocycles. The average molecular weight is 557 g/mol.